The molecular weight excluding hydrogens is 234 g/mol. The van der Waals surface area contributed by atoms with Gasteiger partial charge in [0.25, 0.3) is 0 Å². The van der Waals surface area contributed by atoms with Gasteiger partial charge in [0.05, 0.1) is 5.92 Å². The molecule has 0 bridgehead atoms. The van der Waals surface area contributed by atoms with Crippen LogP contribution >= 0.6 is 15.9 Å². The molecule has 1 rings (SSSR count). The maximum atomic E-state index is 12.9. The predicted octanol–water partition coefficient (Wildman–Crippen LogP) is 1.92. The molecule has 1 saturated carbocycles. The minimum atomic E-state index is -1.43. The van der Waals surface area contributed by atoms with Crippen molar-refractivity contribution in [3.8, 4) is 0 Å². The summed E-state index contributed by atoms with van der Waals surface area (Å²) in [6, 6.07) is 0. The predicted molar refractivity (Wildman–Crippen MR) is 42.9 cm³/mol. The second-order valence-corrected chi connectivity index (χ2v) is 4.14. The minimum absolute atomic E-state index is 0.0574. The van der Waals surface area contributed by atoms with Crippen molar-refractivity contribution < 1.29 is 18.7 Å². The van der Waals surface area contributed by atoms with Crippen molar-refractivity contribution >= 4 is 21.9 Å². The number of hydrogen-bond donors (Lipinski definition) is 1. The molecule has 0 aliphatic heterocycles. The topological polar surface area (TPSA) is 37.3 Å². The number of rotatable bonds is 1. The quantitative estimate of drug-likeness (QED) is 0.714. The van der Waals surface area contributed by atoms with E-state index in [0.29, 0.717) is 0 Å². The lowest BCUT2D eigenvalue weighted by Gasteiger charge is -2.28. The third kappa shape index (κ3) is 1.94. The van der Waals surface area contributed by atoms with Crippen molar-refractivity contribution in [3.63, 3.8) is 0 Å². The Balaban J connectivity index is 2.61. The number of aliphatic carboxylic acids is 1. The number of halogens is 3. The van der Waals surface area contributed by atoms with Crippen LogP contribution in [0.2, 0.25) is 0 Å². The first-order chi connectivity index (χ1) is 5.52. The van der Waals surface area contributed by atoms with Crippen molar-refractivity contribution in [1.82, 2.24) is 0 Å². The van der Waals surface area contributed by atoms with E-state index < -0.39 is 29.1 Å². The zero-order chi connectivity index (χ0) is 9.30. The van der Waals surface area contributed by atoms with Gasteiger partial charge in [0, 0.05) is 4.83 Å². The van der Waals surface area contributed by atoms with Gasteiger partial charge in [0.15, 0.2) is 0 Å². The summed E-state index contributed by atoms with van der Waals surface area (Å²) in [4.78, 5) is 9.86. The average molecular weight is 243 g/mol. The molecule has 2 nitrogen and oxygen atoms in total. The van der Waals surface area contributed by atoms with Gasteiger partial charge >= 0.3 is 5.97 Å². The van der Waals surface area contributed by atoms with Gasteiger partial charge in [-0.3, -0.25) is 4.79 Å². The second-order valence-electron chi connectivity index (χ2n) is 2.96. The first-order valence-electron chi connectivity index (χ1n) is 3.67. The lowest BCUT2D eigenvalue weighted by molar-refractivity contribution is -0.146. The summed E-state index contributed by atoms with van der Waals surface area (Å²) >= 11 is 2.96. The molecule has 4 unspecified atom stereocenters. The molecule has 1 N–H and O–H groups in total. The molecular formula is C7H9BrF2O2. The maximum Gasteiger partial charge on any atom is 0.309 e. The number of carboxylic acid groups (broad SMARTS) is 1. The van der Waals surface area contributed by atoms with E-state index in [1.165, 1.54) is 0 Å². The van der Waals surface area contributed by atoms with Crippen LogP contribution in [-0.4, -0.2) is 28.2 Å². The van der Waals surface area contributed by atoms with Gasteiger partial charge in [-0.05, 0) is 12.8 Å². The van der Waals surface area contributed by atoms with E-state index in [2.05, 4.69) is 15.9 Å². The standard InChI is InChI=1S/C7H9BrF2O2/c8-4-2-5(9)3(7(11)12)1-6(4)10/h3-6H,1-2H2,(H,11,12). The van der Waals surface area contributed by atoms with E-state index in [1.807, 2.05) is 0 Å². The average Bonchev–Trinajstić information content (AvgIpc) is 1.96. The van der Waals surface area contributed by atoms with E-state index in [1.54, 1.807) is 0 Å². The highest BCUT2D eigenvalue weighted by molar-refractivity contribution is 9.09. The highest BCUT2D eigenvalue weighted by Crippen LogP contribution is 2.33. The van der Waals surface area contributed by atoms with E-state index >= 15 is 0 Å². The molecule has 0 amide bonds. The van der Waals surface area contributed by atoms with Crippen LogP contribution < -0.4 is 0 Å². The van der Waals surface area contributed by atoms with E-state index in [0.717, 1.165) is 0 Å². The Hall–Kier alpha value is -0.190. The van der Waals surface area contributed by atoms with Gasteiger partial charge < -0.3 is 5.11 Å². The summed E-state index contributed by atoms with van der Waals surface area (Å²) in [5, 5.41) is 8.49. The summed E-state index contributed by atoms with van der Waals surface area (Å²) in [5.74, 6) is -2.42. The molecule has 0 radical (unpaired) electrons. The van der Waals surface area contributed by atoms with Crippen molar-refractivity contribution in [3.05, 3.63) is 0 Å². The van der Waals surface area contributed by atoms with Crippen LogP contribution in [0.3, 0.4) is 0 Å². The molecule has 0 aromatic heterocycles. The number of hydrogen-bond acceptors (Lipinski definition) is 1. The summed E-state index contributed by atoms with van der Waals surface area (Å²) in [5.41, 5.74) is 0. The van der Waals surface area contributed by atoms with E-state index in [-0.39, 0.29) is 12.8 Å². The van der Waals surface area contributed by atoms with Gasteiger partial charge in [-0.15, -0.1) is 0 Å². The SMILES string of the molecule is O=C(O)C1CC(F)C(Br)CC1F. The fraction of sp³-hybridized carbons (Fsp3) is 0.857. The Bertz CT molecular complexity index is 188. The Morgan fingerprint density at radius 1 is 1.33 bits per heavy atom. The van der Waals surface area contributed by atoms with Crippen molar-refractivity contribution in [2.45, 2.75) is 30.0 Å². The van der Waals surface area contributed by atoms with Crippen LogP contribution in [0.4, 0.5) is 8.78 Å². The molecule has 12 heavy (non-hydrogen) atoms. The molecule has 0 aromatic carbocycles. The summed E-state index contributed by atoms with van der Waals surface area (Å²) in [6.07, 6.45) is -2.97. The first-order valence-corrected chi connectivity index (χ1v) is 4.59. The molecule has 0 aromatic rings. The van der Waals surface area contributed by atoms with Gasteiger partial charge in [-0.25, -0.2) is 8.78 Å². The van der Waals surface area contributed by atoms with Crippen molar-refractivity contribution in [1.29, 1.82) is 0 Å². The highest BCUT2D eigenvalue weighted by atomic mass is 79.9. The Morgan fingerprint density at radius 3 is 2.42 bits per heavy atom. The Kier molecular flexibility index (Phi) is 3.04. The van der Waals surface area contributed by atoms with Crippen LogP contribution in [-0.2, 0) is 4.79 Å². The number of carboxylic acids is 1. The van der Waals surface area contributed by atoms with Crippen LogP contribution in [0.1, 0.15) is 12.8 Å². The van der Waals surface area contributed by atoms with Crippen molar-refractivity contribution in [2.24, 2.45) is 5.92 Å². The number of carbonyl (C=O) groups is 1. The molecule has 5 heteroatoms. The fourth-order valence-corrected chi connectivity index (χ4v) is 1.89. The molecule has 1 fully saturated rings. The summed E-state index contributed by atoms with van der Waals surface area (Å²) in [6.45, 7) is 0. The molecule has 70 valence electrons. The second kappa shape index (κ2) is 3.68. The third-order valence-electron chi connectivity index (χ3n) is 2.08. The molecule has 1 aliphatic rings. The fourth-order valence-electron chi connectivity index (χ4n) is 1.32. The lowest BCUT2D eigenvalue weighted by Crippen LogP contribution is -2.38. The number of alkyl halides is 3. The molecule has 0 saturated heterocycles. The summed E-state index contributed by atoms with van der Waals surface area (Å²) in [7, 11) is 0. The first kappa shape index (κ1) is 9.89. The van der Waals surface area contributed by atoms with Gasteiger partial charge in [-0.2, -0.15) is 0 Å². The monoisotopic (exact) mass is 242 g/mol. The normalized spacial score (nSPS) is 42.6. The Morgan fingerprint density at radius 2 is 1.92 bits per heavy atom. The van der Waals surface area contributed by atoms with Crippen molar-refractivity contribution in [2.75, 3.05) is 0 Å². The lowest BCUT2D eigenvalue weighted by atomic mass is 9.86. The van der Waals surface area contributed by atoms with E-state index in [4.69, 9.17) is 5.11 Å². The van der Waals surface area contributed by atoms with Crippen LogP contribution in [0.15, 0.2) is 0 Å². The zero-order valence-corrected chi connectivity index (χ0v) is 7.80. The van der Waals surface area contributed by atoms with Gasteiger partial charge in [0.1, 0.15) is 12.3 Å². The van der Waals surface area contributed by atoms with Crippen LogP contribution in [0.5, 0.6) is 0 Å². The van der Waals surface area contributed by atoms with Crippen LogP contribution in [0.25, 0.3) is 0 Å². The highest BCUT2D eigenvalue weighted by Gasteiger charge is 2.40. The minimum Gasteiger partial charge on any atom is -0.481 e. The van der Waals surface area contributed by atoms with Gasteiger partial charge in [0.2, 0.25) is 0 Å². The zero-order valence-electron chi connectivity index (χ0n) is 6.21. The smallest absolute Gasteiger partial charge is 0.309 e. The van der Waals surface area contributed by atoms with Gasteiger partial charge in [-0.1, -0.05) is 15.9 Å². The molecule has 1 aliphatic carbocycles. The largest absolute Gasteiger partial charge is 0.481 e. The molecule has 0 spiro atoms. The maximum absolute atomic E-state index is 12.9. The molecule has 4 atom stereocenters. The van der Waals surface area contributed by atoms with E-state index in [9.17, 15) is 13.6 Å². The van der Waals surface area contributed by atoms with Crippen LogP contribution in [0, 0.1) is 5.92 Å². The summed E-state index contributed by atoms with van der Waals surface area (Å²) < 4.78 is 25.8. The third-order valence-corrected chi connectivity index (χ3v) is 3.02. The Labute approximate surface area is 77.1 Å². The molecule has 0 heterocycles.